The fraction of sp³-hybridized carbons (Fsp3) is 0.533. The number of hydrogen-bond donors (Lipinski definition) is 1. The van der Waals surface area contributed by atoms with E-state index in [1.807, 2.05) is 12.1 Å². The van der Waals surface area contributed by atoms with Crippen molar-refractivity contribution < 1.29 is 9.90 Å². The van der Waals surface area contributed by atoms with Gasteiger partial charge in [-0.05, 0) is 45.4 Å². The lowest BCUT2D eigenvalue weighted by Gasteiger charge is -2.40. The standard InChI is InChI=1S/C15H22BrNO2/c1-11(12-6-5-7-13(16)10-12)17(15(2,3)4)9-8-14(18)19/h5-7,10-11H,8-9H2,1-4H3,(H,18,19). The molecule has 0 amide bonds. The summed E-state index contributed by atoms with van der Waals surface area (Å²) in [4.78, 5) is 13.0. The zero-order valence-corrected chi connectivity index (χ0v) is 13.6. The highest BCUT2D eigenvalue weighted by Gasteiger charge is 2.27. The van der Waals surface area contributed by atoms with E-state index in [4.69, 9.17) is 5.11 Å². The van der Waals surface area contributed by atoms with Crippen molar-refractivity contribution in [2.45, 2.75) is 45.7 Å². The van der Waals surface area contributed by atoms with Crippen molar-refractivity contribution in [1.82, 2.24) is 4.90 Å². The van der Waals surface area contributed by atoms with Crippen LogP contribution in [0, 0.1) is 0 Å². The lowest BCUT2D eigenvalue weighted by molar-refractivity contribution is -0.137. The zero-order valence-electron chi connectivity index (χ0n) is 12.0. The van der Waals surface area contributed by atoms with Crippen molar-refractivity contribution in [2.75, 3.05) is 6.54 Å². The number of rotatable bonds is 5. The minimum absolute atomic E-state index is 0.0722. The predicted octanol–water partition coefficient (Wildman–Crippen LogP) is 4.09. The van der Waals surface area contributed by atoms with Crippen molar-refractivity contribution in [3.63, 3.8) is 0 Å². The molecule has 0 bridgehead atoms. The van der Waals surface area contributed by atoms with E-state index in [9.17, 15) is 4.79 Å². The molecule has 0 saturated carbocycles. The summed E-state index contributed by atoms with van der Waals surface area (Å²) in [5.74, 6) is -0.754. The Bertz CT molecular complexity index is 440. The summed E-state index contributed by atoms with van der Waals surface area (Å²) in [5.41, 5.74) is 1.12. The highest BCUT2D eigenvalue weighted by Crippen LogP contribution is 2.29. The Morgan fingerprint density at radius 1 is 1.42 bits per heavy atom. The summed E-state index contributed by atoms with van der Waals surface area (Å²) in [7, 11) is 0. The van der Waals surface area contributed by atoms with E-state index >= 15 is 0 Å². The smallest absolute Gasteiger partial charge is 0.304 e. The maximum Gasteiger partial charge on any atom is 0.304 e. The van der Waals surface area contributed by atoms with Crippen LogP contribution in [-0.4, -0.2) is 28.1 Å². The Morgan fingerprint density at radius 2 is 2.05 bits per heavy atom. The van der Waals surface area contributed by atoms with Gasteiger partial charge in [0.2, 0.25) is 0 Å². The monoisotopic (exact) mass is 327 g/mol. The molecule has 0 heterocycles. The third-order valence-electron chi connectivity index (χ3n) is 3.23. The SMILES string of the molecule is CC(c1cccc(Br)c1)N(CCC(=O)O)C(C)(C)C. The Balaban J connectivity index is 2.94. The minimum Gasteiger partial charge on any atom is -0.481 e. The van der Waals surface area contributed by atoms with Gasteiger partial charge < -0.3 is 5.11 Å². The maximum atomic E-state index is 10.8. The first-order chi connectivity index (χ1) is 8.71. The number of carbonyl (C=O) groups is 1. The summed E-state index contributed by atoms with van der Waals surface area (Å²) < 4.78 is 1.05. The zero-order chi connectivity index (χ0) is 14.6. The third kappa shape index (κ3) is 4.96. The number of nitrogens with zero attached hydrogens (tertiary/aromatic N) is 1. The minimum atomic E-state index is -0.754. The molecule has 0 aliphatic carbocycles. The lowest BCUT2D eigenvalue weighted by Crippen LogP contribution is -2.44. The first kappa shape index (κ1) is 16.2. The Kier molecular flexibility index (Phi) is 5.56. The molecule has 0 fully saturated rings. The van der Waals surface area contributed by atoms with Crippen molar-refractivity contribution in [3.8, 4) is 0 Å². The molecule has 106 valence electrons. The molecule has 1 atom stereocenters. The number of carboxylic acid groups (broad SMARTS) is 1. The van der Waals surface area contributed by atoms with Crippen LogP contribution in [0.25, 0.3) is 0 Å². The number of hydrogen-bond acceptors (Lipinski definition) is 2. The number of halogens is 1. The largest absolute Gasteiger partial charge is 0.481 e. The van der Waals surface area contributed by atoms with Gasteiger partial charge in [0.05, 0.1) is 6.42 Å². The van der Waals surface area contributed by atoms with E-state index in [-0.39, 0.29) is 18.0 Å². The molecule has 0 aliphatic heterocycles. The molecule has 1 N–H and O–H groups in total. The average molecular weight is 328 g/mol. The van der Waals surface area contributed by atoms with Gasteiger partial charge in [0, 0.05) is 22.6 Å². The van der Waals surface area contributed by atoms with E-state index in [1.165, 1.54) is 5.56 Å². The van der Waals surface area contributed by atoms with E-state index in [1.54, 1.807) is 0 Å². The number of aliphatic carboxylic acids is 1. The molecule has 0 radical (unpaired) electrons. The van der Waals surface area contributed by atoms with Crippen molar-refractivity contribution in [3.05, 3.63) is 34.3 Å². The van der Waals surface area contributed by atoms with Gasteiger partial charge in [0.1, 0.15) is 0 Å². The molecule has 1 rings (SSSR count). The summed E-state index contributed by atoms with van der Waals surface area (Å²) >= 11 is 3.48. The van der Waals surface area contributed by atoms with Crippen molar-refractivity contribution >= 4 is 21.9 Å². The first-order valence-corrected chi connectivity index (χ1v) is 7.25. The Labute approximate surface area is 123 Å². The van der Waals surface area contributed by atoms with Crippen LogP contribution in [0.1, 0.15) is 45.7 Å². The van der Waals surface area contributed by atoms with Crippen molar-refractivity contribution in [1.29, 1.82) is 0 Å². The molecule has 0 aromatic heterocycles. The average Bonchev–Trinajstić information content (AvgIpc) is 2.26. The van der Waals surface area contributed by atoms with E-state index < -0.39 is 5.97 Å². The fourth-order valence-corrected chi connectivity index (χ4v) is 2.69. The lowest BCUT2D eigenvalue weighted by atomic mass is 9.98. The highest BCUT2D eigenvalue weighted by molar-refractivity contribution is 9.10. The molecular weight excluding hydrogens is 306 g/mol. The maximum absolute atomic E-state index is 10.8. The van der Waals surface area contributed by atoms with Crippen molar-refractivity contribution in [2.24, 2.45) is 0 Å². The van der Waals surface area contributed by atoms with Crippen LogP contribution in [0.15, 0.2) is 28.7 Å². The van der Waals surface area contributed by atoms with Crippen LogP contribution < -0.4 is 0 Å². The second kappa shape index (κ2) is 6.53. The number of carboxylic acids is 1. The third-order valence-corrected chi connectivity index (χ3v) is 3.72. The van der Waals surface area contributed by atoms with E-state index in [0.29, 0.717) is 6.54 Å². The van der Waals surface area contributed by atoms with Crippen LogP contribution in [0.3, 0.4) is 0 Å². The molecule has 3 nitrogen and oxygen atoms in total. The number of benzene rings is 1. The molecule has 0 saturated heterocycles. The van der Waals surface area contributed by atoms with Gasteiger partial charge >= 0.3 is 5.97 Å². The normalized spacial score (nSPS) is 13.6. The Morgan fingerprint density at radius 3 is 2.53 bits per heavy atom. The molecule has 19 heavy (non-hydrogen) atoms. The quantitative estimate of drug-likeness (QED) is 0.885. The first-order valence-electron chi connectivity index (χ1n) is 6.46. The Hall–Kier alpha value is -0.870. The molecule has 1 aromatic carbocycles. The summed E-state index contributed by atoms with van der Waals surface area (Å²) in [5, 5.41) is 8.89. The predicted molar refractivity (Wildman–Crippen MR) is 81.3 cm³/mol. The summed E-state index contributed by atoms with van der Waals surface area (Å²) in [6, 6.07) is 8.35. The van der Waals surface area contributed by atoms with Gasteiger partial charge in [-0.1, -0.05) is 28.1 Å². The molecule has 0 aliphatic rings. The van der Waals surface area contributed by atoms with E-state index in [2.05, 4.69) is 60.7 Å². The van der Waals surface area contributed by atoms with Gasteiger partial charge in [-0.3, -0.25) is 9.69 Å². The van der Waals surface area contributed by atoms with Crippen LogP contribution in [0.5, 0.6) is 0 Å². The summed E-state index contributed by atoms with van der Waals surface area (Å²) in [6.07, 6.45) is 0.162. The highest BCUT2D eigenvalue weighted by atomic mass is 79.9. The van der Waals surface area contributed by atoms with Gasteiger partial charge in [0.25, 0.3) is 0 Å². The molecular formula is C15H22BrNO2. The topological polar surface area (TPSA) is 40.5 Å². The summed E-state index contributed by atoms with van der Waals surface area (Å²) in [6.45, 7) is 9.01. The van der Waals surface area contributed by atoms with Gasteiger partial charge in [0.15, 0.2) is 0 Å². The molecule has 0 spiro atoms. The second-order valence-electron chi connectivity index (χ2n) is 5.74. The van der Waals surface area contributed by atoms with Gasteiger partial charge in [-0.25, -0.2) is 0 Å². The second-order valence-corrected chi connectivity index (χ2v) is 6.65. The van der Waals surface area contributed by atoms with Gasteiger partial charge in [-0.2, -0.15) is 0 Å². The molecule has 1 aromatic rings. The fourth-order valence-electron chi connectivity index (χ4n) is 2.27. The molecule has 4 heteroatoms. The van der Waals surface area contributed by atoms with Crippen LogP contribution >= 0.6 is 15.9 Å². The van der Waals surface area contributed by atoms with Crippen LogP contribution in [0.4, 0.5) is 0 Å². The van der Waals surface area contributed by atoms with Crippen LogP contribution in [0.2, 0.25) is 0 Å². The van der Waals surface area contributed by atoms with Gasteiger partial charge in [-0.15, -0.1) is 0 Å². The molecule has 1 unspecified atom stereocenters. The van der Waals surface area contributed by atoms with Crippen LogP contribution in [-0.2, 0) is 4.79 Å². The van der Waals surface area contributed by atoms with E-state index in [0.717, 1.165) is 4.47 Å².